The van der Waals surface area contributed by atoms with E-state index in [0.717, 1.165) is 17.7 Å². The molecule has 3 aromatic rings. The monoisotopic (exact) mass is 361 g/mol. The zero-order valence-electron chi connectivity index (χ0n) is 14.4. The van der Waals surface area contributed by atoms with Gasteiger partial charge in [-0.2, -0.15) is 18.2 Å². The highest BCUT2D eigenvalue weighted by Crippen LogP contribution is 2.30. The van der Waals surface area contributed by atoms with Crippen molar-refractivity contribution in [1.82, 2.24) is 15.0 Å². The summed E-state index contributed by atoms with van der Waals surface area (Å²) in [7, 11) is 1.94. The lowest BCUT2D eigenvalue weighted by molar-refractivity contribution is -0.137. The molecule has 4 nitrogen and oxygen atoms in total. The summed E-state index contributed by atoms with van der Waals surface area (Å²) in [4.78, 5) is 6.34. The molecule has 0 fully saturated rings. The van der Waals surface area contributed by atoms with Crippen LogP contribution >= 0.6 is 0 Å². The van der Waals surface area contributed by atoms with Crippen molar-refractivity contribution in [3.05, 3.63) is 71.6 Å². The van der Waals surface area contributed by atoms with Gasteiger partial charge in [-0.05, 0) is 31.7 Å². The zero-order chi connectivity index (χ0) is 18.7. The smallest absolute Gasteiger partial charge is 0.338 e. The molecule has 0 N–H and O–H groups in total. The van der Waals surface area contributed by atoms with Crippen molar-refractivity contribution in [3.63, 3.8) is 0 Å². The summed E-state index contributed by atoms with van der Waals surface area (Å²) in [5, 5.41) is 3.87. The molecule has 0 saturated carbocycles. The molecular weight excluding hydrogens is 343 g/mol. The van der Waals surface area contributed by atoms with Crippen LogP contribution in [0.4, 0.5) is 13.2 Å². The molecule has 0 aliphatic heterocycles. The molecule has 0 amide bonds. The average Bonchev–Trinajstić information content (AvgIpc) is 3.09. The first-order valence-corrected chi connectivity index (χ1v) is 8.10. The first-order valence-electron chi connectivity index (χ1n) is 8.10. The minimum absolute atomic E-state index is 0.151. The fourth-order valence-corrected chi connectivity index (χ4v) is 2.58. The molecular formula is C19H18F3N3O. The minimum Gasteiger partial charge on any atom is -0.338 e. The topological polar surface area (TPSA) is 42.2 Å². The number of halogens is 3. The fraction of sp³-hybridized carbons (Fsp3) is 0.263. The molecule has 3 rings (SSSR count). The van der Waals surface area contributed by atoms with Crippen LogP contribution in [0.2, 0.25) is 0 Å². The number of hydrogen-bond acceptors (Lipinski definition) is 4. The molecule has 0 radical (unpaired) electrons. The van der Waals surface area contributed by atoms with Crippen molar-refractivity contribution >= 4 is 0 Å². The average molecular weight is 361 g/mol. The van der Waals surface area contributed by atoms with Gasteiger partial charge >= 0.3 is 6.18 Å². The number of hydrogen-bond donors (Lipinski definition) is 0. The predicted molar refractivity (Wildman–Crippen MR) is 91.1 cm³/mol. The Hall–Kier alpha value is -2.67. The number of benzene rings is 2. The van der Waals surface area contributed by atoms with Crippen LogP contribution in [0, 0.1) is 0 Å². The van der Waals surface area contributed by atoms with E-state index < -0.39 is 11.7 Å². The van der Waals surface area contributed by atoms with E-state index in [1.54, 1.807) is 0 Å². The predicted octanol–water partition coefficient (Wildman–Crippen LogP) is 4.95. The third-order valence-electron chi connectivity index (χ3n) is 4.27. The Kier molecular flexibility index (Phi) is 5.08. The van der Waals surface area contributed by atoms with Crippen LogP contribution in [0.25, 0.3) is 11.4 Å². The maximum absolute atomic E-state index is 12.6. The van der Waals surface area contributed by atoms with E-state index in [1.165, 1.54) is 12.1 Å². The maximum Gasteiger partial charge on any atom is 0.416 e. The van der Waals surface area contributed by atoms with Crippen LogP contribution in [0.3, 0.4) is 0 Å². The molecule has 0 unspecified atom stereocenters. The molecule has 0 bridgehead atoms. The number of rotatable bonds is 5. The van der Waals surface area contributed by atoms with Crippen molar-refractivity contribution in [3.8, 4) is 11.4 Å². The number of alkyl halides is 3. The van der Waals surface area contributed by atoms with Crippen LogP contribution in [-0.2, 0) is 12.7 Å². The molecule has 0 aliphatic carbocycles. The standard InChI is InChI=1S/C19H18F3N3O/c1-13(14-6-4-3-5-7-14)25(2)12-17-23-18(24-26-17)15-8-10-16(11-9-15)19(20,21)22/h3-11,13H,12H2,1-2H3/t13-/m1/s1. The molecule has 1 aromatic heterocycles. The third kappa shape index (κ3) is 4.11. The lowest BCUT2D eigenvalue weighted by Gasteiger charge is -2.23. The highest BCUT2D eigenvalue weighted by atomic mass is 19.4. The molecule has 0 aliphatic rings. The molecule has 0 saturated heterocycles. The second-order valence-corrected chi connectivity index (χ2v) is 6.09. The Morgan fingerprint density at radius 2 is 1.69 bits per heavy atom. The highest BCUT2D eigenvalue weighted by Gasteiger charge is 2.30. The summed E-state index contributed by atoms with van der Waals surface area (Å²) in [6.45, 7) is 2.51. The SMILES string of the molecule is C[C@H](c1ccccc1)N(C)Cc1nc(-c2ccc(C(F)(F)F)cc2)no1. The van der Waals surface area contributed by atoms with E-state index in [4.69, 9.17) is 4.52 Å². The van der Waals surface area contributed by atoms with E-state index in [2.05, 4.69) is 22.0 Å². The van der Waals surface area contributed by atoms with Crippen LogP contribution in [0.15, 0.2) is 59.1 Å². The minimum atomic E-state index is -4.36. The molecule has 1 atom stereocenters. The molecule has 0 spiro atoms. The Labute approximate surface area is 149 Å². The normalized spacial score (nSPS) is 13.2. The van der Waals surface area contributed by atoms with Crippen molar-refractivity contribution in [2.24, 2.45) is 0 Å². The highest BCUT2D eigenvalue weighted by molar-refractivity contribution is 5.54. The van der Waals surface area contributed by atoms with Gasteiger partial charge in [0.05, 0.1) is 12.1 Å². The Balaban J connectivity index is 1.70. The number of aromatic nitrogens is 2. The maximum atomic E-state index is 12.6. The number of nitrogens with zero attached hydrogens (tertiary/aromatic N) is 3. The summed E-state index contributed by atoms with van der Waals surface area (Å²) in [6, 6.07) is 14.9. The van der Waals surface area contributed by atoms with Crippen LogP contribution in [0.5, 0.6) is 0 Å². The van der Waals surface area contributed by atoms with Gasteiger partial charge in [0.2, 0.25) is 11.7 Å². The van der Waals surface area contributed by atoms with E-state index in [-0.39, 0.29) is 11.9 Å². The van der Waals surface area contributed by atoms with Crippen molar-refractivity contribution in [1.29, 1.82) is 0 Å². The molecule has 7 heteroatoms. The second-order valence-electron chi connectivity index (χ2n) is 6.09. The lowest BCUT2D eigenvalue weighted by Crippen LogP contribution is -2.22. The van der Waals surface area contributed by atoms with E-state index in [0.29, 0.717) is 18.0 Å². The van der Waals surface area contributed by atoms with Gasteiger partial charge in [-0.15, -0.1) is 0 Å². The Bertz CT molecular complexity index is 844. The van der Waals surface area contributed by atoms with E-state index >= 15 is 0 Å². The Morgan fingerprint density at radius 3 is 2.31 bits per heavy atom. The largest absolute Gasteiger partial charge is 0.416 e. The van der Waals surface area contributed by atoms with Gasteiger partial charge in [0.1, 0.15) is 0 Å². The van der Waals surface area contributed by atoms with Gasteiger partial charge in [0.15, 0.2) is 0 Å². The van der Waals surface area contributed by atoms with Gasteiger partial charge in [-0.1, -0.05) is 47.6 Å². The summed E-state index contributed by atoms with van der Waals surface area (Å²) in [5.74, 6) is 0.680. The summed E-state index contributed by atoms with van der Waals surface area (Å²) < 4.78 is 43.1. The van der Waals surface area contributed by atoms with Crippen molar-refractivity contribution < 1.29 is 17.7 Å². The van der Waals surface area contributed by atoms with Gasteiger partial charge < -0.3 is 4.52 Å². The summed E-state index contributed by atoms with van der Waals surface area (Å²) in [6.07, 6.45) is -4.36. The van der Waals surface area contributed by atoms with Gasteiger partial charge in [0, 0.05) is 11.6 Å². The summed E-state index contributed by atoms with van der Waals surface area (Å²) in [5.41, 5.74) is 0.936. The molecule has 1 heterocycles. The van der Waals surface area contributed by atoms with Crippen LogP contribution < -0.4 is 0 Å². The Morgan fingerprint density at radius 1 is 1.04 bits per heavy atom. The molecule has 136 valence electrons. The zero-order valence-corrected chi connectivity index (χ0v) is 14.4. The summed E-state index contributed by atoms with van der Waals surface area (Å²) >= 11 is 0. The van der Waals surface area contributed by atoms with Crippen LogP contribution in [-0.4, -0.2) is 22.1 Å². The fourth-order valence-electron chi connectivity index (χ4n) is 2.58. The third-order valence-corrected chi connectivity index (χ3v) is 4.27. The van der Waals surface area contributed by atoms with Crippen molar-refractivity contribution in [2.75, 3.05) is 7.05 Å². The van der Waals surface area contributed by atoms with Crippen molar-refractivity contribution in [2.45, 2.75) is 25.7 Å². The van der Waals surface area contributed by atoms with Gasteiger partial charge in [-0.3, -0.25) is 4.90 Å². The molecule has 26 heavy (non-hydrogen) atoms. The first kappa shape index (κ1) is 18.1. The quantitative estimate of drug-likeness (QED) is 0.645. The second kappa shape index (κ2) is 7.29. The van der Waals surface area contributed by atoms with Gasteiger partial charge in [0.25, 0.3) is 0 Å². The first-order chi connectivity index (χ1) is 12.3. The van der Waals surface area contributed by atoms with Gasteiger partial charge in [-0.25, -0.2) is 0 Å². The van der Waals surface area contributed by atoms with Crippen LogP contribution in [0.1, 0.15) is 30.0 Å². The molecule has 2 aromatic carbocycles. The van der Waals surface area contributed by atoms with E-state index in [9.17, 15) is 13.2 Å². The van der Waals surface area contributed by atoms with E-state index in [1.807, 2.05) is 37.4 Å². The lowest BCUT2D eigenvalue weighted by atomic mass is 10.1.